The fourth-order valence-electron chi connectivity index (χ4n) is 1.52. The summed E-state index contributed by atoms with van der Waals surface area (Å²) in [6.07, 6.45) is 0. The SMILES string of the molecule is CNc1cccc(Nc2cc(Cl)c(C)cc2Cl)n1. The van der Waals surface area contributed by atoms with Gasteiger partial charge in [-0.3, -0.25) is 0 Å². The number of benzene rings is 1. The van der Waals surface area contributed by atoms with Crippen molar-refractivity contribution in [2.75, 3.05) is 17.7 Å². The van der Waals surface area contributed by atoms with Crippen molar-refractivity contribution in [3.63, 3.8) is 0 Å². The Balaban J connectivity index is 2.30. The molecule has 1 aromatic heterocycles. The first-order valence-corrected chi connectivity index (χ1v) is 6.23. The summed E-state index contributed by atoms with van der Waals surface area (Å²) in [7, 11) is 1.82. The van der Waals surface area contributed by atoms with Crippen molar-refractivity contribution in [3.8, 4) is 0 Å². The lowest BCUT2D eigenvalue weighted by atomic mass is 10.2. The summed E-state index contributed by atoms with van der Waals surface area (Å²) in [4.78, 5) is 4.36. The third-order valence-corrected chi connectivity index (χ3v) is 3.24. The van der Waals surface area contributed by atoms with Gasteiger partial charge in [0.2, 0.25) is 0 Å². The van der Waals surface area contributed by atoms with Gasteiger partial charge in [0.05, 0.1) is 10.7 Å². The fraction of sp³-hybridized carbons (Fsp3) is 0.154. The molecule has 1 heterocycles. The maximum atomic E-state index is 6.16. The number of aromatic nitrogens is 1. The van der Waals surface area contributed by atoms with Crippen molar-refractivity contribution in [2.45, 2.75) is 6.92 Å². The molecule has 0 amide bonds. The van der Waals surface area contributed by atoms with Gasteiger partial charge in [0, 0.05) is 12.1 Å². The highest BCUT2D eigenvalue weighted by Gasteiger charge is 2.05. The molecule has 0 saturated carbocycles. The first kappa shape index (κ1) is 13.0. The molecule has 0 spiro atoms. The van der Waals surface area contributed by atoms with Crippen LogP contribution in [0.3, 0.4) is 0 Å². The van der Waals surface area contributed by atoms with Gasteiger partial charge >= 0.3 is 0 Å². The van der Waals surface area contributed by atoms with Crippen molar-refractivity contribution in [3.05, 3.63) is 45.9 Å². The van der Waals surface area contributed by atoms with E-state index in [1.54, 1.807) is 6.07 Å². The zero-order chi connectivity index (χ0) is 13.1. The topological polar surface area (TPSA) is 37.0 Å². The van der Waals surface area contributed by atoms with Crippen molar-refractivity contribution in [1.82, 2.24) is 4.98 Å². The number of hydrogen-bond acceptors (Lipinski definition) is 3. The van der Waals surface area contributed by atoms with E-state index in [0.717, 1.165) is 17.1 Å². The Morgan fingerprint density at radius 2 is 1.78 bits per heavy atom. The van der Waals surface area contributed by atoms with Gasteiger partial charge in [-0.2, -0.15) is 0 Å². The molecular weight excluding hydrogens is 269 g/mol. The van der Waals surface area contributed by atoms with E-state index in [0.29, 0.717) is 15.9 Å². The van der Waals surface area contributed by atoms with Crippen LogP contribution in [0.5, 0.6) is 0 Å². The highest BCUT2D eigenvalue weighted by Crippen LogP contribution is 2.30. The summed E-state index contributed by atoms with van der Waals surface area (Å²) < 4.78 is 0. The second-order valence-corrected chi connectivity index (χ2v) is 4.68. The highest BCUT2D eigenvalue weighted by atomic mass is 35.5. The molecule has 94 valence electrons. The number of pyridine rings is 1. The maximum absolute atomic E-state index is 6.16. The van der Waals surface area contributed by atoms with Crippen LogP contribution < -0.4 is 10.6 Å². The zero-order valence-corrected chi connectivity index (χ0v) is 11.6. The Morgan fingerprint density at radius 3 is 2.50 bits per heavy atom. The van der Waals surface area contributed by atoms with Crippen molar-refractivity contribution < 1.29 is 0 Å². The van der Waals surface area contributed by atoms with Crippen LogP contribution in [0, 0.1) is 6.92 Å². The van der Waals surface area contributed by atoms with Gasteiger partial charge in [-0.15, -0.1) is 0 Å². The molecule has 2 N–H and O–H groups in total. The summed E-state index contributed by atoms with van der Waals surface area (Å²) in [5, 5.41) is 7.42. The fourth-order valence-corrected chi connectivity index (χ4v) is 1.95. The van der Waals surface area contributed by atoms with Crippen LogP contribution in [0.2, 0.25) is 10.0 Å². The summed E-state index contributed by atoms with van der Waals surface area (Å²) in [5.41, 5.74) is 1.69. The molecule has 2 aromatic rings. The average Bonchev–Trinajstić information content (AvgIpc) is 2.36. The molecule has 0 fully saturated rings. The van der Waals surface area contributed by atoms with Crippen molar-refractivity contribution in [1.29, 1.82) is 0 Å². The van der Waals surface area contributed by atoms with Gasteiger partial charge in [0.15, 0.2) is 0 Å². The van der Waals surface area contributed by atoms with E-state index in [4.69, 9.17) is 23.2 Å². The lowest BCUT2D eigenvalue weighted by molar-refractivity contribution is 1.27. The Morgan fingerprint density at radius 1 is 1.06 bits per heavy atom. The van der Waals surface area contributed by atoms with E-state index in [-0.39, 0.29) is 0 Å². The van der Waals surface area contributed by atoms with Crippen molar-refractivity contribution >= 4 is 40.5 Å². The molecule has 0 radical (unpaired) electrons. The number of aryl methyl sites for hydroxylation is 1. The van der Waals surface area contributed by atoms with Gasteiger partial charge in [-0.25, -0.2) is 4.98 Å². The van der Waals surface area contributed by atoms with E-state index in [1.807, 2.05) is 38.2 Å². The molecule has 0 unspecified atom stereocenters. The molecule has 1 aromatic carbocycles. The number of nitrogens with one attached hydrogen (secondary N) is 2. The third kappa shape index (κ3) is 2.86. The number of hydrogen-bond donors (Lipinski definition) is 2. The minimum Gasteiger partial charge on any atom is -0.373 e. The zero-order valence-electron chi connectivity index (χ0n) is 10.1. The smallest absolute Gasteiger partial charge is 0.132 e. The molecule has 2 rings (SSSR count). The van der Waals surface area contributed by atoms with Crippen LogP contribution >= 0.6 is 23.2 Å². The Hall–Kier alpha value is -1.45. The largest absolute Gasteiger partial charge is 0.373 e. The average molecular weight is 282 g/mol. The van der Waals surface area contributed by atoms with E-state index in [1.165, 1.54) is 0 Å². The highest BCUT2D eigenvalue weighted by molar-refractivity contribution is 6.35. The predicted octanol–water partition coefficient (Wildman–Crippen LogP) is 4.48. The van der Waals surface area contributed by atoms with Crippen LogP contribution in [-0.2, 0) is 0 Å². The predicted molar refractivity (Wildman–Crippen MR) is 78.3 cm³/mol. The van der Waals surface area contributed by atoms with Crippen LogP contribution in [-0.4, -0.2) is 12.0 Å². The summed E-state index contributed by atoms with van der Waals surface area (Å²) in [6.45, 7) is 1.91. The molecular formula is C13H13Cl2N3. The molecule has 18 heavy (non-hydrogen) atoms. The minimum absolute atomic E-state index is 0.619. The first-order valence-electron chi connectivity index (χ1n) is 5.47. The van der Waals surface area contributed by atoms with Gasteiger partial charge in [-0.05, 0) is 36.8 Å². The second kappa shape index (κ2) is 5.46. The minimum atomic E-state index is 0.619. The number of rotatable bonds is 3. The molecule has 5 heteroatoms. The molecule has 0 aliphatic heterocycles. The number of anilines is 3. The summed E-state index contributed by atoms with van der Waals surface area (Å²) in [5.74, 6) is 1.50. The monoisotopic (exact) mass is 281 g/mol. The normalized spacial score (nSPS) is 10.2. The van der Waals surface area contributed by atoms with Crippen LogP contribution in [0.4, 0.5) is 17.3 Å². The molecule has 0 saturated heterocycles. The maximum Gasteiger partial charge on any atom is 0.132 e. The van der Waals surface area contributed by atoms with E-state index < -0.39 is 0 Å². The van der Waals surface area contributed by atoms with Gasteiger partial charge < -0.3 is 10.6 Å². The Kier molecular flexibility index (Phi) is 3.94. The van der Waals surface area contributed by atoms with E-state index >= 15 is 0 Å². The van der Waals surface area contributed by atoms with Crippen LogP contribution in [0.25, 0.3) is 0 Å². The van der Waals surface area contributed by atoms with E-state index in [2.05, 4.69) is 15.6 Å². The standard InChI is InChI=1S/C13H13Cl2N3/c1-8-6-10(15)11(7-9(8)14)17-13-5-3-4-12(16-2)18-13/h3-7H,1-2H3,(H2,16,17,18). The molecule has 3 nitrogen and oxygen atoms in total. The van der Waals surface area contributed by atoms with Crippen LogP contribution in [0.1, 0.15) is 5.56 Å². The summed E-state index contributed by atoms with van der Waals surface area (Å²) >= 11 is 12.2. The number of nitrogens with zero attached hydrogens (tertiary/aromatic N) is 1. The van der Waals surface area contributed by atoms with Crippen molar-refractivity contribution in [2.24, 2.45) is 0 Å². The lowest BCUT2D eigenvalue weighted by Gasteiger charge is -2.10. The lowest BCUT2D eigenvalue weighted by Crippen LogP contribution is -1.98. The molecule has 0 bridgehead atoms. The van der Waals surface area contributed by atoms with E-state index in [9.17, 15) is 0 Å². The first-order chi connectivity index (χ1) is 8.60. The Labute approximate surface area is 116 Å². The Bertz CT molecular complexity index is 570. The number of halogens is 2. The van der Waals surface area contributed by atoms with Crippen LogP contribution in [0.15, 0.2) is 30.3 Å². The van der Waals surface area contributed by atoms with Gasteiger partial charge in [0.25, 0.3) is 0 Å². The quantitative estimate of drug-likeness (QED) is 0.871. The second-order valence-electron chi connectivity index (χ2n) is 3.86. The van der Waals surface area contributed by atoms with Gasteiger partial charge in [0.1, 0.15) is 11.6 Å². The molecule has 0 aliphatic carbocycles. The third-order valence-electron chi connectivity index (χ3n) is 2.52. The molecule has 0 aliphatic rings. The van der Waals surface area contributed by atoms with Gasteiger partial charge in [-0.1, -0.05) is 29.3 Å². The summed E-state index contributed by atoms with van der Waals surface area (Å²) in [6, 6.07) is 9.28. The molecule has 0 atom stereocenters.